The molecule has 0 aliphatic carbocycles. The average Bonchev–Trinajstić information content (AvgIpc) is 3.34. The lowest BCUT2D eigenvalue weighted by Crippen LogP contribution is -2.40. The van der Waals surface area contributed by atoms with E-state index in [4.69, 9.17) is 0 Å². The predicted molar refractivity (Wildman–Crippen MR) is 134 cm³/mol. The van der Waals surface area contributed by atoms with E-state index in [1.165, 1.54) is 16.7 Å². The van der Waals surface area contributed by atoms with Crippen LogP contribution in [-0.2, 0) is 24.9 Å². The molecular formula is C27H32N6O. The number of nitrogens with one attached hydrogen (secondary N) is 1. The van der Waals surface area contributed by atoms with E-state index in [0.717, 1.165) is 43.3 Å². The molecule has 5 rings (SSSR count). The molecule has 34 heavy (non-hydrogen) atoms. The molecule has 7 heteroatoms. The number of hydrogen-bond acceptors (Lipinski definition) is 5. The number of aromatic nitrogens is 5. The van der Waals surface area contributed by atoms with Crippen LogP contribution in [0.15, 0.2) is 53.3 Å². The number of tetrazole rings is 1. The second kappa shape index (κ2) is 8.80. The zero-order chi connectivity index (χ0) is 23.9. The molecule has 2 aromatic carbocycles. The van der Waals surface area contributed by atoms with Gasteiger partial charge in [0, 0.05) is 24.2 Å². The van der Waals surface area contributed by atoms with Crippen molar-refractivity contribution < 1.29 is 0 Å². The maximum Gasteiger partial charge on any atom is 0.253 e. The fraction of sp³-hybridized carbons (Fsp3) is 0.407. The molecule has 4 aromatic rings. The Balaban J connectivity index is 1.69. The Morgan fingerprint density at radius 2 is 1.88 bits per heavy atom. The summed E-state index contributed by atoms with van der Waals surface area (Å²) in [5.74, 6) is 0.711. The van der Waals surface area contributed by atoms with Crippen molar-refractivity contribution >= 4 is 10.9 Å². The Labute approximate surface area is 199 Å². The minimum atomic E-state index is -0.354. The third kappa shape index (κ3) is 3.94. The highest BCUT2D eigenvalue weighted by Gasteiger charge is 2.35. The van der Waals surface area contributed by atoms with Crippen molar-refractivity contribution in [2.45, 2.75) is 65.1 Å². The molecule has 0 amide bonds. The van der Waals surface area contributed by atoms with Gasteiger partial charge in [-0.3, -0.25) is 9.69 Å². The number of benzene rings is 2. The van der Waals surface area contributed by atoms with Crippen LogP contribution in [0.3, 0.4) is 0 Å². The summed E-state index contributed by atoms with van der Waals surface area (Å²) in [6.07, 6.45) is 2.74. The van der Waals surface area contributed by atoms with Crippen LogP contribution >= 0.6 is 0 Å². The Morgan fingerprint density at radius 1 is 1.09 bits per heavy atom. The first-order valence-electron chi connectivity index (χ1n) is 12.2. The van der Waals surface area contributed by atoms with E-state index >= 15 is 0 Å². The average molecular weight is 457 g/mol. The number of pyridine rings is 1. The molecule has 1 aliphatic rings. The molecular weight excluding hydrogens is 424 g/mol. The van der Waals surface area contributed by atoms with Crippen LogP contribution in [0.5, 0.6) is 0 Å². The molecule has 0 bridgehead atoms. The van der Waals surface area contributed by atoms with Crippen LogP contribution < -0.4 is 5.56 Å². The van der Waals surface area contributed by atoms with Gasteiger partial charge in [-0.15, -0.1) is 5.10 Å². The van der Waals surface area contributed by atoms with Crippen molar-refractivity contribution in [3.63, 3.8) is 0 Å². The summed E-state index contributed by atoms with van der Waals surface area (Å²) in [7, 11) is 0. The van der Waals surface area contributed by atoms with E-state index in [1.807, 2.05) is 16.8 Å². The van der Waals surface area contributed by atoms with Gasteiger partial charge in [-0.1, -0.05) is 44.2 Å². The summed E-state index contributed by atoms with van der Waals surface area (Å²) >= 11 is 0. The first-order valence-corrected chi connectivity index (χ1v) is 12.2. The molecule has 2 aromatic heterocycles. The van der Waals surface area contributed by atoms with Crippen molar-refractivity contribution in [1.82, 2.24) is 30.1 Å². The largest absolute Gasteiger partial charge is 0.322 e. The third-order valence-electron chi connectivity index (χ3n) is 7.34. The van der Waals surface area contributed by atoms with Crippen LogP contribution in [0.2, 0.25) is 0 Å². The molecule has 7 nitrogen and oxygen atoms in total. The fourth-order valence-corrected chi connectivity index (χ4v) is 4.88. The molecule has 1 atom stereocenters. The lowest BCUT2D eigenvalue weighted by Gasteiger charge is -2.36. The molecule has 0 fully saturated rings. The Hall–Kier alpha value is -3.32. The molecule has 0 radical (unpaired) electrons. The number of nitrogens with zero attached hydrogens (tertiary/aromatic N) is 5. The monoisotopic (exact) mass is 456 g/mol. The maximum absolute atomic E-state index is 13.5. The summed E-state index contributed by atoms with van der Waals surface area (Å²) in [5.41, 5.74) is 5.06. The zero-order valence-corrected chi connectivity index (χ0v) is 20.4. The van der Waals surface area contributed by atoms with Crippen molar-refractivity contribution in [1.29, 1.82) is 0 Å². The van der Waals surface area contributed by atoms with E-state index in [1.54, 1.807) is 0 Å². The number of fused-ring (bicyclic) bond motifs is 2. The predicted octanol–water partition coefficient (Wildman–Crippen LogP) is 4.37. The number of hydrogen-bond donors (Lipinski definition) is 1. The van der Waals surface area contributed by atoms with Gasteiger partial charge in [-0.25, -0.2) is 4.68 Å². The van der Waals surface area contributed by atoms with E-state index < -0.39 is 0 Å². The summed E-state index contributed by atoms with van der Waals surface area (Å²) in [6, 6.07) is 16.5. The molecule has 3 heterocycles. The first-order chi connectivity index (χ1) is 16.4. The van der Waals surface area contributed by atoms with Gasteiger partial charge < -0.3 is 4.98 Å². The van der Waals surface area contributed by atoms with Gasteiger partial charge in [0.2, 0.25) is 0 Å². The fourth-order valence-electron chi connectivity index (χ4n) is 4.88. The van der Waals surface area contributed by atoms with Crippen LogP contribution in [0.25, 0.3) is 10.9 Å². The maximum atomic E-state index is 13.5. The molecule has 1 aliphatic heterocycles. The van der Waals surface area contributed by atoms with E-state index in [9.17, 15) is 4.79 Å². The Morgan fingerprint density at radius 3 is 2.65 bits per heavy atom. The van der Waals surface area contributed by atoms with Crippen LogP contribution in [0.4, 0.5) is 0 Å². The highest BCUT2D eigenvalue weighted by Crippen LogP contribution is 2.34. The van der Waals surface area contributed by atoms with Gasteiger partial charge in [0.25, 0.3) is 5.56 Å². The van der Waals surface area contributed by atoms with Crippen molar-refractivity contribution in [2.75, 3.05) is 6.54 Å². The second-order valence-corrected chi connectivity index (χ2v) is 9.84. The van der Waals surface area contributed by atoms with Crippen molar-refractivity contribution in [3.05, 3.63) is 87.0 Å². The number of aromatic amines is 1. The number of rotatable bonds is 6. The Bertz CT molecular complexity index is 1390. The SMILES string of the molecule is CCc1ccc2[nH]c(=O)c(C(c3nnnn3C(C)(C)CC)N3CCc4ccccc4C3)cc2c1. The minimum absolute atomic E-state index is 0.0931. The van der Waals surface area contributed by atoms with Crippen LogP contribution in [0, 0.1) is 0 Å². The van der Waals surface area contributed by atoms with Crippen LogP contribution in [0.1, 0.15) is 68.2 Å². The smallest absolute Gasteiger partial charge is 0.253 e. The Kier molecular flexibility index (Phi) is 5.81. The van der Waals surface area contributed by atoms with Gasteiger partial charge in [-0.05, 0) is 83.8 Å². The third-order valence-corrected chi connectivity index (χ3v) is 7.34. The zero-order valence-electron chi connectivity index (χ0n) is 20.4. The van der Waals surface area contributed by atoms with Crippen molar-refractivity contribution in [3.8, 4) is 0 Å². The van der Waals surface area contributed by atoms with Gasteiger partial charge in [0.1, 0.15) is 6.04 Å². The standard InChI is InChI=1S/C27H32N6O/c1-5-18-11-12-23-21(15-18)16-22(26(34)28-23)24(25-29-30-31-33(25)27(3,4)6-2)32-14-13-19-9-7-8-10-20(19)17-32/h7-12,15-16,24H,5-6,13-14,17H2,1-4H3,(H,28,34). The van der Waals surface area contributed by atoms with Gasteiger partial charge in [0.05, 0.1) is 5.54 Å². The van der Waals surface area contributed by atoms with Gasteiger partial charge in [0.15, 0.2) is 5.82 Å². The molecule has 1 unspecified atom stereocenters. The number of aryl methyl sites for hydroxylation is 1. The number of H-pyrrole nitrogens is 1. The van der Waals surface area contributed by atoms with Crippen molar-refractivity contribution in [2.24, 2.45) is 0 Å². The van der Waals surface area contributed by atoms with E-state index in [-0.39, 0.29) is 17.1 Å². The lowest BCUT2D eigenvalue weighted by atomic mass is 9.95. The van der Waals surface area contributed by atoms with Gasteiger partial charge in [-0.2, -0.15) is 0 Å². The highest BCUT2D eigenvalue weighted by atomic mass is 16.1. The molecule has 1 N–H and O–H groups in total. The molecule has 0 spiro atoms. The minimum Gasteiger partial charge on any atom is -0.322 e. The normalized spacial score (nSPS) is 15.4. The van der Waals surface area contributed by atoms with E-state index in [2.05, 4.69) is 89.5 Å². The lowest BCUT2D eigenvalue weighted by molar-refractivity contribution is 0.181. The topological polar surface area (TPSA) is 79.7 Å². The molecule has 0 saturated carbocycles. The summed E-state index contributed by atoms with van der Waals surface area (Å²) in [6.45, 7) is 10.1. The highest BCUT2D eigenvalue weighted by molar-refractivity contribution is 5.80. The summed E-state index contributed by atoms with van der Waals surface area (Å²) in [5, 5.41) is 14.0. The summed E-state index contributed by atoms with van der Waals surface area (Å²) < 4.78 is 1.91. The quantitative estimate of drug-likeness (QED) is 0.466. The van der Waals surface area contributed by atoms with E-state index in [0.29, 0.717) is 11.4 Å². The summed E-state index contributed by atoms with van der Waals surface area (Å²) in [4.78, 5) is 18.9. The second-order valence-electron chi connectivity index (χ2n) is 9.84. The molecule has 0 saturated heterocycles. The first kappa shape index (κ1) is 22.5. The molecule has 176 valence electrons. The van der Waals surface area contributed by atoms with Gasteiger partial charge >= 0.3 is 0 Å². The van der Waals surface area contributed by atoms with Crippen LogP contribution in [-0.4, -0.2) is 36.6 Å².